The number of carbonyl (C=O) groups excluding carboxylic acids is 2. The van der Waals surface area contributed by atoms with Crippen molar-refractivity contribution in [1.82, 2.24) is 15.6 Å². The van der Waals surface area contributed by atoms with Crippen molar-refractivity contribution in [3.8, 4) is 5.88 Å². The highest BCUT2D eigenvalue weighted by Crippen LogP contribution is 2.12. The van der Waals surface area contributed by atoms with E-state index in [1.54, 1.807) is 19.1 Å². The average molecular weight is 341 g/mol. The van der Waals surface area contributed by atoms with Crippen LogP contribution in [0.4, 0.5) is 0 Å². The van der Waals surface area contributed by atoms with E-state index in [-0.39, 0.29) is 11.8 Å². The van der Waals surface area contributed by atoms with Crippen molar-refractivity contribution in [3.05, 3.63) is 59.8 Å². The number of hydrogen-bond donors (Lipinski definition) is 2. The Bertz CT molecular complexity index is 704. The summed E-state index contributed by atoms with van der Waals surface area (Å²) in [6.07, 6.45) is 2.36. The van der Waals surface area contributed by atoms with Crippen molar-refractivity contribution in [2.24, 2.45) is 0 Å². The van der Waals surface area contributed by atoms with Crippen LogP contribution < -0.4 is 15.4 Å². The molecule has 0 aliphatic carbocycles. The smallest absolute Gasteiger partial charge is 0.252 e. The molecule has 132 valence electrons. The Hall–Kier alpha value is -2.89. The van der Waals surface area contributed by atoms with Gasteiger partial charge in [0, 0.05) is 24.4 Å². The van der Waals surface area contributed by atoms with E-state index in [2.05, 4.69) is 15.6 Å². The van der Waals surface area contributed by atoms with Crippen molar-refractivity contribution in [1.29, 1.82) is 0 Å². The lowest BCUT2D eigenvalue weighted by Gasteiger charge is -2.14. The van der Waals surface area contributed by atoms with Crippen LogP contribution in [-0.2, 0) is 11.4 Å². The maximum atomic E-state index is 12.3. The fraction of sp³-hybridized carbons (Fsp3) is 0.316. The topological polar surface area (TPSA) is 80.3 Å². The van der Waals surface area contributed by atoms with Crippen LogP contribution in [0.3, 0.4) is 0 Å². The van der Waals surface area contributed by atoms with Gasteiger partial charge in [0.2, 0.25) is 11.8 Å². The van der Waals surface area contributed by atoms with Crippen LogP contribution in [0, 0.1) is 0 Å². The second-order valence-electron chi connectivity index (χ2n) is 5.64. The minimum Gasteiger partial charge on any atom is -0.473 e. The molecule has 0 saturated heterocycles. The Morgan fingerprint density at radius 2 is 1.96 bits per heavy atom. The Labute approximate surface area is 147 Å². The summed E-state index contributed by atoms with van der Waals surface area (Å²) in [6, 6.07) is 12.2. The molecule has 1 atom stereocenters. The molecule has 1 aromatic heterocycles. The van der Waals surface area contributed by atoms with Gasteiger partial charge in [-0.15, -0.1) is 0 Å². The molecule has 1 aromatic carbocycles. The highest BCUT2D eigenvalue weighted by atomic mass is 16.5. The van der Waals surface area contributed by atoms with Crippen LogP contribution in [0.15, 0.2) is 48.7 Å². The van der Waals surface area contributed by atoms with Gasteiger partial charge >= 0.3 is 0 Å². The highest BCUT2D eigenvalue weighted by molar-refractivity contribution is 5.97. The van der Waals surface area contributed by atoms with Crippen molar-refractivity contribution in [2.45, 2.75) is 32.9 Å². The molecule has 0 aliphatic heterocycles. The fourth-order valence-electron chi connectivity index (χ4n) is 2.11. The van der Waals surface area contributed by atoms with Gasteiger partial charge in [-0.1, -0.05) is 37.3 Å². The van der Waals surface area contributed by atoms with Gasteiger partial charge in [-0.05, 0) is 25.0 Å². The van der Waals surface area contributed by atoms with Crippen molar-refractivity contribution in [3.63, 3.8) is 0 Å². The molecule has 0 saturated carbocycles. The van der Waals surface area contributed by atoms with Crippen LogP contribution in [-0.4, -0.2) is 29.4 Å². The molecule has 6 nitrogen and oxygen atoms in total. The third kappa shape index (κ3) is 5.91. The van der Waals surface area contributed by atoms with E-state index in [1.807, 2.05) is 37.3 Å². The molecule has 0 bridgehead atoms. The van der Waals surface area contributed by atoms with E-state index < -0.39 is 6.04 Å². The number of rotatable bonds is 8. The average Bonchev–Trinajstić information content (AvgIpc) is 2.65. The Morgan fingerprint density at radius 3 is 2.68 bits per heavy atom. The summed E-state index contributed by atoms with van der Waals surface area (Å²) in [5.41, 5.74) is 1.41. The molecule has 2 amide bonds. The molecule has 6 heteroatoms. The molecule has 1 heterocycles. The number of ether oxygens (including phenoxy) is 1. The third-order valence-corrected chi connectivity index (χ3v) is 3.52. The van der Waals surface area contributed by atoms with Crippen LogP contribution in [0.1, 0.15) is 36.2 Å². The molecular weight excluding hydrogens is 318 g/mol. The van der Waals surface area contributed by atoms with Gasteiger partial charge in [-0.2, -0.15) is 0 Å². The maximum absolute atomic E-state index is 12.3. The molecule has 2 rings (SSSR count). The second-order valence-corrected chi connectivity index (χ2v) is 5.64. The van der Waals surface area contributed by atoms with E-state index in [4.69, 9.17) is 4.74 Å². The lowest BCUT2D eigenvalue weighted by atomic mass is 10.2. The van der Waals surface area contributed by atoms with Gasteiger partial charge < -0.3 is 15.4 Å². The summed E-state index contributed by atoms with van der Waals surface area (Å²) in [4.78, 5) is 28.2. The number of benzene rings is 1. The third-order valence-electron chi connectivity index (χ3n) is 3.52. The van der Waals surface area contributed by atoms with Crippen molar-refractivity contribution >= 4 is 11.8 Å². The summed E-state index contributed by atoms with van der Waals surface area (Å²) in [7, 11) is 0. The standard InChI is InChI=1S/C19H23N3O3/c1-3-10-21-18(23)14(2)22-19(24)16-9-11-20-17(12-16)25-13-15-7-5-4-6-8-15/h4-9,11-12,14H,3,10,13H2,1-2H3,(H,21,23)(H,22,24)/t14-/m1/s1. The monoisotopic (exact) mass is 341 g/mol. The normalized spacial score (nSPS) is 11.4. The first-order chi connectivity index (χ1) is 12.1. The van der Waals surface area contributed by atoms with Gasteiger partial charge in [0.1, 0.15) is 12.6 Å². The number of carbonyl (C=O) groups is 2. The maximum Gasteiger partial charge on any atom is 0.252 e. The van der Waals surface area contributed by atoms with E-state index >= 15 is 0 Å². The summed E-state index contributed by atoms with van der Waals surface area (Å²) >= 11 is 0. The molecule has 2 N–H and O–H groups in total. The van der Waals surface area contributed by atoms with Crippen LogP contribution >= 0.6 is 0 Å². The molecule has 25 heavy (non-hydrogen) atoms. The molecule has 0 spiro atoms. The zero-order chi connectivity index (χ0) is 18.1. The van der Waals surface area contributed by atoms with Crippen LogP contribution in [0.5, 0.6) is 5.88 Å². The van der Waals surface area contributed by atoms with E-state index in [0.717, 1.165) is 12.0 Å². The second kappa shape index (κ2) is 9.42. The Balaban J connectivity index is 1.93. The molecule has 2 aromatic rings. The summed E-state index contributed by atoms with van der Waals surface area (Å²) < 4.78 is 5.62. The number of nitrogens with one attached hydrogen (secondary N) is 2. The predicted octanol–water partition coefficient (Wildman–Crippen LogP) is 2.31. The SMILES string of the molecule is CCCNC(=O)[C@@H](C)NC(=O)c1ccnc(OCc2ccccc2)c1. The van der Waals surface area contributed by atoms with E-state index in [0.29, 0.717) is 24.6 Å². The molecule has 0 radical (unpaired) electrons. The van der Waals surface area contributed by atoms with E-state index in [9.17, 15) is 9.59 Å². The van der Waals surface area contributed by atoms with Crippen molar-refractivity contribution in [2.75, 3.05) is 6.54 Å². The quantitative estimate of drug-likeness (QED) is 0.772. The predicted molar refractivity (Wildman–Crippen MR) is 95.2 cm³/mol. The molecular formula is C19H23N3O3. The molecule has 0 fully saturated rings. The zero-order valence-corrected chi connectivity index (χ0v) is 14.5. The number of nitrogens with zero attached hydrogens (tertiary/aromatic N) is 1. The van der Waals surface area contributed by atoms with Crippen LogP contribution in [0.2, 0.25) is 0 Å². The zero-order valence-electron chi connectivity index (χ0n) is 14.5. The lowest BCUT2D eigenvalue weighted by molar-refractivity contribution is -0.122. The van der Waals surface area contributed by atoms with Gasteiger partial charge in [0.05, 0.1) is 0 Å². The first-order valence-electron chi connectivity index (χ1n) is 8.31. The van der Waals surface area contributed by atoms with Crippen LogP contribution in [0.25, 0.3) is 0 Å². The van der Waals surface area contributed by atoms with Gasteiger partial charge in [-0.25, -0.2) is 4.98 Å². The highest BCUT2D eigenvalue weighted by Gasteiger charge is 2.16. The summed E-state index contributed by atoms with van der Waals surface area (Å²) in [6.45, 7) is 4.58. The Kier molecular flexibility index (Phi) is 6.95. The van der Waals surface area contributed by atoms with Gasteiger partial charge in [0.25, 0.3) is 5.91 Å². The summed E-state index contributed by atoms with van der Waals surface area (Å²) in [5.74, 6) is -0.185. The van der Waals surface area contributed by atoms with Gasteiger partial charge in [-0.3, -0.25) is 9.59 Å². The molecule has 0 unspecified atom stereocenters. The lowest BCUT2D eigenvalue weighted by Crippen LogP contribution is -2.45. The number of hydrogen-bond acceptors (Lipinski definition) is 4. The largest absolute Gasteiger partial charge is 0.473 e. The number of aromatic nitrogens is 1. The van der Waals surface area contributed by atoms with Gasteiger partial charge in [0.15, 0.2) is 0 Å². The number of pyridine rings is 1. The first-order valence-corrected chi connectivity index (χ1v) is 8.31. The molecule has 0 aliphatic rings. The fourth-order valence-corrected chi connectivity index (χ4v) is 2.11. The number of amides is 2. The first kappa shape index (κ1) is 18.4. The minimum absolute atomic E-state index is 0.204. The minimum atomic E-state index is -0.610. The van der Waals surface area contributed by atoms with E-state index in [1.165, 1.54) is 6.20 Å². The Morgan fingerprint density at radius 1 is 1.20 bits per heavy atom. The van der Waals surface area contributed by atoms with Crippen molar-refractivity contribution < 1.29 is 14.3 Å². The summed E-state index contributed by atoms with van der Waals surface area (Å²) in [5, 5.41) is 5.42.